The molecule has 10 heteroatoms. The standard InChI is InChI=1S/C26H36N6O2SSi/c1-26(2,3)36(4,5)34-18-21-11-12-23(30-25-27-19-28-35-25)29-22(21)17-31-13-15-32(16-14-31)24(33)20-9-7-6-8-10-20/h6-12,19H,13-18H2,1-5H3,(H,27,28,29,30). The van der Waals surface area contributed by atoms with Crippen molar-refractivity contribution >= 4 is 36.7 Å². The smallest absolute Gasteiger partial charge is 0.253 e. The van der Waals surface area contributed by atoms with Crippen molar-refractivity contribution in [3.05, 3.63) is 65.6 Å². The minimum absolute atomic E-state index is 0.0973. The Bertz CT molecular complexity index is 1140. The van der Waals surface area contributed by atoms with Gasteiger partial charge in [0.2, 0.25) is 5.13 Å². The molecule has 1 aliphatic rings. The fraction of sp³-hybridized carbons (Fsp3) is 0.462. The summed E-state index contributed by atoms with van der Waals surface area (Å²) in [5, 5.41) is 4.11. The molecule has 1 aromatic carbocycles. The number of piperazine rings is 1. The van der Waals surface area contributed by atoms with E-state index in [1.807, 2.05) is 41.3 Å². The van der Waals surface area contributed by atoms with E-state index in [0.29, 0.717) is 31.4 Å². The van der Waals surface area contributed by atoms with Crippen molar-refractivity contribution < 1.29 is 9.22 Å². The second-order valence-electron chi connectivity index (χ2n) is 10.7. The van der Waals surface area contributed by atoms with Crippen LogP contribution in [0.25, 0.3) is 0 Å². The monoisotopic (exact) mass is 524 g/mol. The molecular formula is C26H36N6O2SSi. The van der Waals surface area contributed by atoms with Crippen LogP contribution in [0.3, 0.4) is 0 Å². The van der Waals surface area contributed by atoms with Crippen molar-refractivity contribution in [1.82, 2.24) is 24.1 Å². The second-order valence-corrected chi connectivity index (χ2v) is 16.2. The molecule has 3 heterocycles. The van der Waals surface area contributed by atoms with E-state index in [4.69, 9.17) is 9.41 Å². The van der Waals surface area contributed by atoms with Crippen molar-refractivity contribution in [2.45, 2.75) is 52.1 Å². The molecule has 3 aromatic rings. The fourth-order valence-corrected chi connectivity index (χ4v) is 5.15. The molecule has 8 nitrogen and oxygen atoms in total. The molecule has 0 atom stereocenters. The van der Waals surface area contributed by atoms with Crippen LogP contribution in [0.2, 0.25) is 18.1 Å². The average Bonchev–Trinajstić information content (AvgIpc) is 3.36. The number of benzene rings is 1. The molecule has 0 aliphatic carbocycles. The summed E-state index contributed by atoms with van der Waals surface area (Å²) < 4.78 is 10.6. The van der Waals surface area contributed by atoms with Gasteiger partial charge in [-0.25, -0.2) is 9.97 Å². The zero-order valence-electron chi connectivity index (χ0n) is 21.8. The number of nitrogens with zero attached hydrogens (tertiary/aromatic N) is 5. The first kappa shape index (κ1) is 26.4. The van der Waals surface area contributed by atoms with Crippen LogP contribution in [0.1, 0.15) is 42.4 Å². The van der Waals surface area contributed by atoms with Crippen LogP contribution in [-0.2, 0) is 17.6 Å². The molecule has 0 spiro atoms. The summed E-state index contributed by atoms with van der Waals surface area (Å²) in [5.41, 5.74) is 2.84. The van der Waals surface area contributed by atoms with Crippen molar-refractivity contribution in [2.75, 3.05) is 31.5 Å². The summed E-state index contributed by atoms with van der Waals surface area (Å²) >= 11 is 1.30. The molecule has 2 aromatic heterocycles. The largest absolute Gasteiger partial charge is 0.412 e. The molecule has 0 radical (unpaired) electrons. The Kier molecular flexibility index (Phi) is 8.19. The highest BCUT2D eigenvalue weighted by atomic mass is 32.1. The van der Waals surface area contributed by atoms with Crippen LogP contribution in [0.5, 0.6) is 0 Å². The van der Waals surface area contributed by atoms with Gasteiger partial charge in [0.1, 0.15) is 12.1 Å². The number of amides is 1. The summed E-state index contributed by atoms with van der Waals surface area (Å²) in [7, 11) is -1.90. The molecule has 0 bridgehead atoms. The molecule has 36 heavy (non-hydrogen) atoms. The minimum Gasteiger partial charge on any atom is -0.412 e. The van der Waals surface area contributed by atoms with Crippen LogP contribution < -0.4 is 5.32 Å². The van der Waals surface area contributed by atoms with E-state index in [-0.39, 0.29) is 10.9 Å². The van der Waals surface area contributed by atoms with E-state index in [0.717, 1.165) is 35.7 Å². The molecule has 1 amide bonds. The first-order valence-electron chi connectivity index (χ1n) is 12.4. The highest BCUT2D eigenvalue weighted by Gasteiger charge is 2.37. The van der Waals surface area contributed by atoms with Crippen molar-refractivity contribution in [3.63, 3.8) is 0 Å². The van der Waals surface area contributed by atoms with Crippen LogP contribution in [0, 0.1) is 0 Å². The van der Waals surface area contributed by atoms with E-state index in [2.05, 4.69) is 59.5 Å². The molecule has 4 rings (SSSR count). The maximum absolute atomic E-state index is 12.8. The summed E-state index contributed by atoms with van der Waals surface area (Å²) in [6.45, 7) is 15.6. The zero-order chi connectivity index (χ0) is 25.8. The number of hydrogen-bond donors (Lipinski definition) is 1. The Balaban J connectivity index is 1.46. The van der Waals surface area contributed by atoms with E-state index < -0.39 is 8.32 Å². The maximum atomic E-state index is 12.8. The Hall–Kier alpha value is -2.66. The SMILES string of the molecule is CC(C)(C)[Si](C)(C)OCc1ccc(Nc2ncns2)nc1CN1CCN(C(=O)c2ccccc2)CC1. The summed E-state index contributed by atoms with van der Waals surface area (Å²) in [5.74, 6) is 0.843. The molecule has 1 saturated heterocycles. The Labute approximate surface area is 219 Å². The van der Waals surface area contributed by atoms with Crippen LogP contribution in [-0.4, -0.2) is 64.5 Å². The number of hydrogen-bond acceptors (Lipinski definition) is 8. The molecule has 0 unspecified atom stereocenters. The van der Waals surface area contributed by atoms with Gasteiger partial charge in [0.15, 0.2) is 8.32 Å². The maximum Gasteiger partial charge on any atom is 0.253 e. The zero-order valence-corrected chi connectivity index (χ0v) is 23.6. The minimum atomic E-state index is -1.90. The second kappa shape index (κ2) is 11.2. The average molecular weight is 525 g/mol. The van der Waals surface area contributed by atoms with Gasteiger partial charge >= 0.3 is 0 Å². The van der Waals surface area contributed by atoms with Gasteiger partial charge in [0, 0.05) is 49.8 Å². The molecule has 0 saturated carbocycles. The number of pyridine rings is 1. The number of carbonyl (C=O) groups excluding carboxylic acids is 1. The normalized spacial score (nSPS) is 15.2. The predicted molar refractivity (Wildman–Crippen MR) is 147 cm³/mol. The van der Waals surface area contributed by atoms with Gasteiger partial charge < -0.3 is 14.6 Å². The third kappa shape index (κ3) is 6.55. The lowest BCUT2D eigenvalue weighted by molar-refractivity contribution is 0.0626. The molecule has 1 aliphatic heterocycles. The predicted octanol–water partition coefficient (Wildman–Crippen LogP) is 5.16. The first-order chi connectivity index (χ1) is 17.1. The van der Waals surface area contributed by atoms with E-state index in [1.165, 1.54) is 17.9 Å². The Morgan fingerprint density at radius 3 is 2.44 bits per heavy atom. The number of carbonyl (C=O) groups is 1. The number of rotatable bonds is 8. The Morgan fingerprint density at radius 2 is 1.81 bits per heavy atom. The van der Waals surface area contributed by atoms with Gasteiger partial charge in [-0.3, -0.25) is 9.69 Å². The van der Waals surface area contributed by atoms with E-state index >= 15 is 0 Å². The number of anilines is 2. The van der Waals surface area contributed by atoms with Gasteiger partial charge in [-0.2, -0.15) is 4.37 Å². The molecular weight excluding hydrogens is 488 g/mol. The summed E-state index contributed by atoms with van der Waals surface area (Å²) in [6, 6.07) is 13.6. The molecule has 1 fully saturated rings. The van der Waals surface area contributed by atoms with Crippen molar-refractivity contribution in [3.8, 4) is 0 Å². The highest BCUT2D eigenvalue weighted by molar-refractivity contribution is 7.09. The molecule has 192 valence electrons. The van der Waals surface area contributed by atoms with Crippen LogP contribution in [0.4, 0.5) is 10.9 Å². The van der Waals surface area contributed by atoms with Gasteiger partial charge in [-0.15, -0.1) is 0 Å². The number of nitrogens with one attached hydrogen (secondary N) is 1. The topological polar surface area (TPSA) is 83.5 Å². The number of aromatic nitrogens is 3. The highest BCUT2D eigenvalue weighted by Crippen LogP contribution is 2.37. The van der Waals surface area contributed by atoms with Gasteiger partial charge in [-0.1, -0.05) is 45.0 Å². The third-order valence-corrected chi connectivity index (χ3v) is 12.2. The summed E-state index contributed by atoms with van der Waals surface area (Å²) in [4.78, 5) is 26.3. The lowest BCUT2D eigenvalue weighted by Gasteiger charge is -2.37. The first-order valence-corrected chi connectivity index (χ1v) is 16.0. The fourth-order valence-electron chi connectivity index (χ4n) is 3.76. The summed E-state index contributed by atoms with van der Waals surface area (Å²) in [6.07, 6.45) is 1.53. The van der Waals surface area contributed by atoms with Gasteiger partial charge in [0.25, 0.3) is 5.91 Å². The van der Waals surface area contributed by atoms with Crippen molar-refractivity contribution in [1.29, 1.82) is 0 Å². The Morgan fingerprint density at radius 1 is 1.08 bits per heavy atom. The van der Waals surface area contributed by atoms with Gasteiger partial charge in [0.05, 0.1) is 12.3 Å². The third-order valence-electron chi connectivity index (χ3n) is 7.11. The molecule has 1 N–H and O–H groups in total. The quantitative estimate of drug-likeness (QED) is 0.408. The van der Waals surface area contributed by atoms with Crippen molar-refractivity contribution in [2.24, 2.45) is 0 Å². The van der Waals surface area contributed by atoms with E-state index in [9.17, 15) is 4.79 Å². The van der Waals surface area contributed by atoms with Gasteiger partial charge in [-0.05, 0) is 41.9 Å². The van der Waals surface area contributed by atoms with Crippen LogP contribution >= 0.6 is 11.5 Å². The lowest BCUT2D eigenvalue weighted by atomic mass is 10.1. The van der Waals surface area contributed by atoms with E-state index in [1.54, 1.807) is 0 Å². The van der Waals surface area contributed by atoms with Crippen LogP contribution in [0.15, 0.2) is 48.8 Å². The lowest BCUT2D eigenvalue weighted by Crippen LogP contribution is -2.48.